The van der Waals surface area contributed by atoms with Gasteiger partial charge in [0, 0.05) is 44.0 Å². The second kappa shape index (κ2) is 12.2. The van der Waals surface area contributed by atoms with Crippen LogP contribution in [0.5, 0.6) is 0 Å². The Bertz CT molecular complexity index is 1010. The van der Waals surface area contributed by atoms with Crippen molar-refractivity contribution in [1.82, 2.24) is 9.80 Å². The number of carbonyl (C=O) groups is 1. The molecule has 2 aromatic rings. The number of nitrogens with zero attached hydrogens (tertiary/aromatic N) is 3. The van der Waals surface area contributed by atoms with Crippen molar-refractivity contribution in [1.29, 1.82) is 0 Å². The predicted molar refractivity (Wildman–Crippen MR) is 147 cm³/mol. The number of morpholine rings is 1. The lowest BCUT2D eigenvalue weighted by atomic mass is 9.88. The van der Waals surface area contributed by atoms with Crippen LogP contribution in [0.4, 0.5) is 5.69 Å². The van der Waals surface area contributed by atoms with Gasteiger partial charge in [0.05, 0.1) is 18.8 Å². The first-order valence-corrected chi connectivity index (χ1v) is 13.6. The quantitative estimate of drug-likeness (QED) is 0.513. The largest absolute Gasteiger partial charge is 0.478 e. The summed E-state index contributed by atoms with van der Waals surface area (Å²) in [7, 11) is 4.35. The zero-order valence-corrected chi connectivity index (χ0v) is 22.5. The van der Waals surface area contributed by atoms with Gasteiger partial charge in [0.1, 0.15) is 0 Å². The van der Waals surface area contributed by atoms with E-state index in [1.54, 1.807) is 0 Å². The molecule has 0 aromatic heterocycles. The van der Waals surface area contributed by atoms with Gasteiger partial charge in [-0.2, -0.15) is 0 Å². The minimum atomic E-state index is -0.854. The van der Waals surface area contributed by atoms with Crippen molar-refractivity contribution < 1.29 is 14.6 Å². The Morgan fingerprint density at radius 1 is 1.00 bits per heavy atom. The first kappa shape index (κ1) is 26.6. The standard InChI is InChI=1S/C30H43N3O3/c1-5-14-33(27-12-10-26(11-13-27)31(3)4)29-20-25(19-28(22(29)2)30(34)35)24-8-6-23(7-9-24)21-32-15-17-36-18-16-32/h6-9,19-20,26-27H,5,10-18,21H2,1-4H3,(H,34,35). The Morgan fingerprint density at radius 3 is 2.22 bits per heavy atom. The fourth-order valence-electron chi connectivity index (χ4n) is 5.83. The number of hydrogen-bond acceptors (Lipinski definition) is 5. The molecule has 2 fully saturated rings. The van der Waals surface area contributed by atoms with Crippen molar-refractivity contribution >= 4 is 11.7 Å². The Morgan fingerprint density at radius 2 is 1.64 bits per heavy atom. The van der Waals surface area contributed by atoms with E-state index in [-0.39, 0.29) is 0 Å². The van der Waals surface area contributed by atoms with Gasteiger partial charge in [0.25, 0.3) is 0 Å². The monoisotopic (exact) mass is 493 g/mol. The van der Waals surface area contributed by atoms with Gasteiger partial charge in [-0.25, -0.2) is 4.79 Å². The summed E-state index contributed by atoms with van der Waals surface area (Å²) in [6.07, 6.45) is 5.70. The molecule has 1 heterocycles. The van der Waals surface area contributed by atoms with Crippen LogP contribution < -0.4 is 4.90 Å². The summed E-state index contributed by atoms with van der Waals surface area (Å²) in [6, 6.07) is 13.8. The Hall–Kier alpha value is -2.41. The highest BCUT2D eigenvalue weighted by Gasteiger charge is 2.28. The molecule has 1 saturated carbocycles. The van der Waals surface area contributed by atoms with E-state index in [1.165, 1.54) is 18.4 Å². The first-order chi connectivity index (χ1) is 17.4. The minimum absolute atomic E-state index is 0.406. The van der Waals surface area contributed by atoms with Gasteiger partial charge in [-0.05, 0) is 87.5 Å². The van der Waals surface area contributed by atoms with Crippen LogP contribution in [0.1, 0.15) is 60.5 Å². The van der Waals surface area contributed by atoms with Gasteiger partial charge >= 0.3 is 5.97 Å². The number of hydrogen-bond donors (Lipinski definition) is 1. The molecule has 2 aliphatic rings. The van der Waals surface area contributed by atoms with E-state index in [4.69, 9.17) is 4.74 Å². The van der Waals surface area contributed by atoms with Crippen LogP contribution in [0, 0.1) is 6.92 Å². The SMILES string of the molecule is CCCN(c1cc(-c2ccc(CN3CCOCC3)cc2)cc(C(=O)O)c1C)C1CCC(N(C)C)CC1. The van der Waals surface area contributed by atoms with Crippen LogP contribution in [0.2, 0.25) is 0 Å². The highest BCUT2D eigenvalue weighted by molar-refractivity contribution is 5.94. The molecular formula is C30H43N3O3. The molecule has 1 aliphatic carbocycles. The zero-order valence-electron chi connectivity index (χ0n) is 22.5. The number of carboxylic acid groups (broad SMARTS) is 1. The molecule has 0 unspecified atom stereocenters. The molecule has 0 radical (unpaired) electrons. The summed E-state index contributed by atoms with van der Waals surface area (Å²) in [5.41, 5.74) is 5.68. The topological polar surface area (TPSA) is 56.3 Å². The fourth-order valence-corrected chi connectivity index (χ4v) is 5.83. The van der Waals surface area contributed by atoms with E-state index in [1.807, 2.05) is 13.0 Å². The lowest BCUT2D eigenvalue weighted by molar-refractivity contribution is 0.0342. The van der Waals surface area contributed by atoms with Crippen molar-refractivity contribution in [3.8, 4) is 11.1 Å². The van der Waals surface area contributed by atoms with E-state index in [0.29, 0.717) is 17.6 Å². The van der Waals surface area contributed by atoms with Crippen molar-refractivity contribution in [2.24, 2.45) is 0 Å². The van der Waals surface area contributed by atoms with Crippen LogP contribution in [0.25, 0.3) is 11.1 Å². The second-order valence-electron chi connectivity index (χ2n) is 10.7. The minimum Gasteiger partial charge on any atom is -0.478 e. The molecule has 6 nitrogen and oxygen atoms in total. The maximum absolute atomic E-state index is 12.3. The van der Waals surface area contributed by atoms with Crippen molar-refractivity contribution in [2.45, 2.75) is 64.6 Å². The summed E-state index contributed by atoms with van der Waals surface area (Å²) in [5.74, 6) is -0.854. The third-order valence-corrected chi connectivity index (χ3v) is 8.02. The Kier molecular flexibility index (Phi) is 9.04. The molecule has 36 heavy (non-hydrogen) atoms. The number of anilines is 1. The average Bonchev–Trinajstić information content (AvgIpc) is 2.89. The molecule has 0 atom stereocenters. The third kappa shape index (κ3) is 6.28. The molecule has 0 bridgehead atoms. The van der Waals surface area contributed by atoms with Crippen LogP contribution in [-0.2, 0) is 11.3 Å². The molecule has 6 heteroatoms. The van der Waals surface area contributed by atoms with Gasteiger partial charge in [-0.1, -0.05) is 31.2 Å². The third-order valence-electron chi connectivity index (χ3n) is 8.02. The Labute approximate surface area is 216 Å². The summed E-state index contributed by atoms with van der Waals surface area (Å²) in [6.45, 7) is 9.58. The van der Waals surface area contributed by atoms with Crippen LogP contribution in [-0.4, -0.2) is 79.9 Å². The predicted octanol–water partition coefficient (Wildman–Crippen LogP) is 5.28. The van der Waals surface area contributed by atoms with Crippen molar-refractivity contribution in [3.63, 3.8) is 0 Å². The lowest BCUT2D eigenvalue weighted by Gasteiger charge is -2.41. The highest BCUT2D eigenvalue weighted by atomic mass is 16.5. The molecule has 1 N–H and O–H groups in total. The smallest absolute Gasteiger partial charge is 0.336 e. The Balaban J connectivity index is 1.62. The second-order valence-corrected chi connectivity index (χ2v) is 10.7. The van der Waals surface area contributed by atoms with E-state index < -0.39 is 5.97 Å². The van der Waals surface area contributed by atoms with Gasteiger partial charge in [-0.15, -0.1) is 0 Å². The van der Waals surface area contributed by atoms with Gasteiger partial charge in [-0.3, -0.25) is 4.90 Å². The molecular weight excluding hydrogens is 450 g/mol. The van der Waals surface area contributed by atoms with E-state index in [9.17, 15) is 9.90 Å². The molecule has 4 rings (SSSR count). The summed E-state index contributed by atoms with van der Waals surface area (Å²) >= 11 is 0. The molecule has 0 spiro atoms. The van der Waals surface area contributed by atoms with E-state index >= 15 is 0 Å². The highest BCUT2D eigenvalue weighted by Crippen LogP contribution is 2.36. The normalized spacial score (nSPS) is 21.0. The van der Waals surface area contributed by atoms with Crippen LogP contribution in [0.3, 0.4) is 0 Å². The zero-order chi connectivity index (χ0) is 25.7. The number of benzene rings is 2. The van der Waals surface area contributed by atoms with Gasteiger partial charge < -0.3 is 19.6 Å². The molecule has 0 amide bonds. The number of carboxylic acids is 1. The van der Waals surface area contributed by atoms with Crippen LogP contribution in [0.15, 0.2) is 36.4 Å². The van der Waals surface area contributed by atoms with Gasteiger partial charge in [0.15, 0.2) is 0 Å². The summed E-state index contributed by atoms with van der Waals surface area (Å²) in [5, 5.41) is 10.1. The van der Waals surface area contributed by atoms with Crippen molar-refractivity contribution in [3.05, 3.63) is 53.1 Å². The maximum atomic E-state index is 12.3. The van der Waals surface area contributed by atoms with E-state index in [2.05, 4.69) is 66.1 Å². The average molecular weight is 494 g/mol. The number of aromatic carboxylic acids is 1. The first-order valence-electron chi connectivity index (χ1n) is 13.6. The fraction of sp³-hybridized carbons (Fsp3) is 0.567. The summed E-state index contributed by atoms with van der Waals surface area (Å²) < 4.78 is 5.47. The number of ether oxygens (including phenoxy) is 1. The maximum Gasteiger partial charge on any atom is 0.336 e. The van der Waals surface area contributed by atoms with Crippen LogP contribution >= 0.6 is 0 Å². The molecule has 2 aromatic carbocycles. The lowest BCUT2D eigenvalue weighted by Crippen LogP contribution is -2.43. The van der Waals surface area contributed by atoms with E-state index in [0.717, 1.165) is 81.0 Å². The summed E-state index contributed by atoms with van der Waals surface area (Å²) in [4.78, 5) is 19.5. The van der Waals surface area contributed by atoms with Crippen molar-refractivity contribution in [2.75, 3.05) is 51.8 Å². The number of rotatable bonds is 9. The van der Waals surface area contributed by atoms with Gasteiger partial charge in [0.2, 0.25) is 0 Å². The molecule has 1 aliphatic heterocycles. The molecule has 196 valence electrons. The molecule has 1 saturated heterocycles.